The molecule has 14 heavy (non-hydrogen) atoms. The van der Waals surface area contributed by atoms with Gasteiger partial charge >= 0.3 is 6.18 Å². The molecule has 0 saturated heterocycles. The second-order valence-corrected chi connectivity index (χ2v) is 3.12. The maximum absolute atomic E-state index is 12.2. The number of hydrogen-bond donors (Lipinski definition) is 0. The van der Waals surface area contributed by atoms with Gasteiger partial charge in [-0.05, 0) is 6.42 Å². The summed E-state index contributed by atoms with van der Waals surface area (Å²) in [4.78, 5) is 9.62. The lowest BCUT2D eigenvalue weighted by Gasteiger charge is -2.15. The fourth-order valence-corrected chi connectivity index (χ4v) is 1.22. The van der Waals surface area contributed by atoms with Crippen LogP contribution >= 0.6 is 0 Å². The molecule has 1 unspecified atom stereocenters. The second-order valence-electron chi connectivity index (χ2n) is 3.12. The summed E-state index contributed by atoms with van der Waals surface area (Å²) in [5, 5.41) is 10.4. The Balaban J connectivity index is 3.01. The van der Waals surface area contributed by atoms with Gasteiger partial charge in [0.2, 0.25) is 5.70 Å². The normalized spacial score (nSPS) is 22.7. The molecule has 0 radical (unpaired) electrons. The Morgan fingerprint density at radius 1 is 1.57 bits per heavy atom. The van der Waals surface area contributed by atoms with Gasteiger partial charge < -0.3 is 0 Å². The average Bonchev–Trinajstić information content (AvgIpc) is 2.02. The summed E-state index contributed by atoms with van der Waals surface area (Å²) in [7, 11) is 0. The monoisotopic (exact) mass is 207 g/mol. The molecule has 0 amide bonds. The lowest BCUT2D eigenvalue weighted by molar-refractivity contribution is -0.433. The maximum Gasteiger partial charge on any atom is 0.416 e. The first-order valence-electron chi connectivity index (χ1n) is 3.95. The van der Waals surface area contributed by atoms with E-state index in [0.717, 1.165) is 6.08 Å². The maximum atomic E-state index is 12.2. The number of nitrogens with zero attached hydrogens (tertiary/aromatic N) is 1. The van der Waals surface area contributed by atoms with Gasteiger partial charge in [0.1, 0.15) is 0 Å². The number of allylic oxidation sites excluding steroid dienone is 4. The van der Waals surface area contributed by atoms with E-state index in [0.29, 0.717) is 6.08 Å². The zero-order valence-electron chi connectivity index (χ0n) is 7.34. The minimum atomic E-state index is -4.50. The number of nitro groups is 1. The van der Waals surface area contributed by atoms with Crippen molar-refractivity contribution < 1.29 is 18.1 Å². The highest BCUT2D eigenvalue weighted by molar-refractivity contribution is 5.30. The second kappa shape index (κ2) is 3.43. The van der Waals surface area contributed by atoms with Crippen molar-refractivity contribution in [3.8, 4) is 0 Å². The van der Waals surface area contributed by atoms with E-state index in [4.69, 9.17) is 0 Å². The van der Waals surface area contributed by atoms with E-state index in [2.05, 4.69) is 0 Å². The molecular formula is C8H8F3NO2. The Hall–Kier alpha value is -1.33. The lowest BCUT2D eigenvalue weighted by atomic mass is 9.95. The fraction of sp³-hybridized carbons (Fsp3) is 0.500. The van der Waals surface area contributed by atoms with Crippen LogP contribution in [0.25, 0.3) is 0 Å². The molecule has 0 fully saturated rings. The van der Waals surface area contributed by atoms with Crippen LogP contribution in [-0.2, 0) is 0 Å². The molecule has 6 heteroatoms. The van der Waals surface area contributed by atoms with Crippen molar-refractivity contribution in [2.75, 3.05) is 0 Å². The van der Waals surface area contributed by atoms with Gasteiger partial charge in [0.05, 0.1) is 16.4 Å². The molecule has 0 spiro atoms. The van der Waals surface area contributed by atoms with Gasteiger partial charge in [0.15, 0.2) is 0 Å². The lowest BCUT2D eigenvalue weighted by Crippen LogP contribution is -2.18. The van der Waals surface area contributed by atoms with Gasteiger partial charge in [-0.3, -0.25) is 10.1 Å². The number of halogens is 3. The van der Waals surface area contributed by atoms with E-state index < -0.39 is 22.6 Å². The predicted molar refractivity (Wildman–Crippen MR) is 43.0 cm³/mol. The first-order valence-corrected chi connectivity index (χ1v) is 3.95. The highest BCUT2D eigenvalue weighted by atomic mass is 19.4. The van der Waals surface area contributed by atoms with E-state index in [1.807, 2.05) is 0 Å². The Labute approximate surface area is 78.1 Å². The average molecular weight is 207 g/mol. The van der Waals surface area contributed by atoms with Crippen LogP contribution in [0.5, 0.6) is 0 Å². The number of alkyl halides is 3. The summed E-state index contributed by atoms with van der Waals surface area (Å²) >= 11 is 0. The summed E-state index contributed by atoms with van der Waals surface area (Å²) in [5.41, 5.74) is -1.30. The minimum Gasteiger partial charge on any atom is -0.259 e. The van der Waals surface area contributed by atoms with Gasteiger partial charge in [-0.2, -0.15) is 13.2 Å². The highest BCUT2D eigenvalue weighted by Gasteiger charge is 2.37. The largest absolute Gasteiger partial charge is 0.416 e. The molecule has 1 aliphatic carbocycles. The van der Waals surface area contributed by atoms with Gasteiger partial charge in [-0.15, -0.1) is 0 Å². The molecule has 1 aliphatic rings. The molecule has 1 rings (SSSR count). The zero-order valence-corrected chi connectivity index (χ0v) is 7.34. The molecule has 0 aromatic rings. The van der Waals surface area contributed by atoms with Crippen LogP contribution < -0.4 is 0 Å². The Bertz CT molecular complexity index is 317. The third-order valence-electron chi connectivity index (χ3n) is 2.04. The summed E-state index contributed by atoms with van der Waals surface area (Å²) in [5.74, 6) is -0.462. The van der Waals surface area contributed by atoms with Crippen LogP contribution in [0.4, 0.5) is 13.2 Å². The minimum absolute atomic E-state index is 0.0572. The standard InChI is InChI=1S/C8H8F3NO2/c1-5-2-3-6(8(9,10)11)4-7(5)12(13)14/h3-5H,2H2,1H3. The van der Waals surface area contributed by atoms with Crippen molar-refractivity contribution in [3.63, 3.8) is 0 Å². The number of hydrogen-bond acceptors (Lipinski definition) is 2. The topological polar surface area (TPSA) is 43.1 Å². The van der Waals surface area contributed by atoms with E-state index in [1.165, 1.54) is 6.92 Å². The van der Waals surface area contributed by atoms with Crippen molar-refractivity contribution >= 4 is 0 Å². The van der Waals surface area contributed by atoms with Crippen molar-refractivity contribution in [3.05, 3.63) is 33.5 Å². The molecule has 78 valence electrons. The molecule has 0 N–H and O–H groups in total. The highest BCUT2D eigenvalue weighted by Crippen LogP contribution is 2.33. The van der Waals surface area contributed by atoms with E-state index in [1.54, 1.807) is 0 Å². The number of rotatable bonds is 1. The van der Waals surface area contributed by atoms with Gasteiger partial charge in [0, 0.05) is 6.08 Å². The Kier molecular flexibility index (Phi) is 2.64. The van der Waals surface area contributed by atoms with E-state index in [-0.39, 0.29) is 12.1 Å². The fourth-order valence-electron chi connectivity index (χ4n) is 1.22. The summed E-state index contributed by atoms with van der Waals surface area (Å²) in [6, 6.07) is 0. The third-order valence-corrected chi connectivity index (χ3v) is 2.04. The van der Waals surface area contributed by atoms with E-state index >= 15 is 0 Å². The summed E-state index contributed by atoms with van der Waals surface area (Å²) in [6.45, 7) is 1.53. The van der Waals surface area contributed by atoms with Gasteiger partial charge in [0.25, 0.3) is 0 Å². The van der Waals surface area contributed by atoms with Crippen LogP contribution in [0.2, 0.25) is 0 Å². The third kappa shape index (κ3) is 2.12. The molecule has 3 nitrogen and oxygen atoms in total. The van der Waals surface area contributed by atoms with Crippen molar-refractivity contribution in [2.45, 2.75) is 19.5 Å². The molecule has 0 heterocycles. The Morgan fingerprint density at radius 2 is 2.14 bits per heavy atom. The molecule has 0 bridgehead atoms. The first kappa shape index (κ1) is 10.7. The van der Waals surface area contributed by atoms with Crippen LogP contribution in [0.1, 0.15) is 13.3 Å². The summed E-state index contributed by atoms with van der Waals surface area (Å²) < 4.78 is 36.5. The van der Waals surface area contributed by atoms with Crippen molar-refractivity contribution in [2.24, 2.45) is 5.92 Å². The van der Waals surface area contributed by atoms with Crippen LogP contribution in [-0.4, -0.2) is 11.1 Å². The van der Waals surface area contributed by atoms with Crippen LogP contribution in [0.15, 0.2) is 23.4 Å². The molecule has 0 saturated carbocycles. The van der Waals surface area contributed by atoms with Crippen LogP contribution in [0, 0.1) is 16.0 Å². The van der Waals surface area contributed by atoms with E-state index in [9.17, 15) is 23.3 Å². The summed E-state index contributed by atoms with van der Waals surface area (Å²) in [6.07, 6.45) is -2.85. The molecule has 0 aromatic carbocycles. The molecular weight excluding hydrogens is 199 g/mol. The quantitative estimate of drug-likeness (QED) is 0.490. The SMILES string of the molecule is CC1CC=C(C(F)(F)F)C=C1[N+](=O)[O-]. The van der Waals surface area contributed by atoms with Crippen molar-refractivity contribution in [1.29, 1.82) is 0 Å². The van der Waals surface area contributed by atoms with Crippen molar-refractivity contribution in [1.82, 2.24) is 0 Å². The molecule has 1 atom stereocenters. The Morgan fingerprint density at radius 3 is 2.57 bits per heavy atom. The van der Waals surface area contributed by atoms with Crippen LogP contribution in [0.3, 0.4) is 0 Å². The smallest absolute Gasteiger partial charge is 0.259 e. The molecule has 0 aliphatic heterocycles. The molecule has 0 aromatic heterocycles. The first-order chi connectivity index (χ1) is 6.32. The van der Waals surface area contributed by atoms with Gasteiger partial charge in [-0.1, -0.05) is 13.0 Å². The zero-order chi connectivity index (χ0) is 10.9. The predicted octanol–water partition coefficient (Wildman–Crippen LogP) is 2.68. The van der Waals surface area contributed by atoms with Gasteiger partial charge in [-0.25, -0.2) is 0 Å².